The molecule has 0 aliphatic heterocycles. The normalized spacial score (nSPS) is 11.5. The monoisotopic (exact) mass is 493 g/mol. The number of aromatic nitrogens is 1. The number of hydrogen-bond acceptors (Lipinski definition) is 7. The molecular weight excluding hydrogens is 478 g/mol. The SMILES string of the molecule is COC(=O)C(NC(=O)Cc1csc(NC(=O)c2cccs2)n1)c1ccc(Br)cc1. The molecule has 0 aliphatic carbocycles. The first-order valence-electron chi connectivity index (χ1n) is 8.38. The van der Waals surface area contributed by atoms with Gasteiger partial charge in [0.1, 0.15) is 0 Å². The number of benzene rings is 1. The van der Waals surface area contributed by atoms with Crippen LogP contribution in [0.2, 0.25) is 0 Å². The number of hydrogen-bond donors (Lipinski definition) is 2. The molecule has 3 rings (SSSR count). The maximum atomic E-state index is 12.5. The highest BCUT2D eigenvalue weighted by Gasteiger charge is 2.24. The minimum Gasteiger partial charge on any atom is -0.467 e. The van der Waals surface area contributed by atoms with Crippen molar-refractivity contribution >= 4 is 61.5 Å². The molecular formula is C19H16BrN3O4S2. The first-order chi connectivity index (χ1) is 14.0. The van der Waals surface area contributed by atoms with Gasteiger partial charge in [-0.3, -0.25) is 14.9 Å². The third kappa shape index (κ3) is 5.72. The molecule has 7 nitrogen and oxygen atoms in total. The molecule has 1 aromatic carbocycles. The first kappa shape index (κ1) is 21.2. The third-order valence-corrected chi connectivity index (χ3v) is 6.01. The number of thiophene rings is 1. The minimum absolute atomic E-state index is 0.0323. The van der Waals surface area contributed by atoms with E-state index in [1.165, 1.54) is 29.8 Å². The Bertz CT molecular complexity index is 1000. The van der Waals surface area contributed by atoms with Crippen molar-refractivity contribution in [3.05, 3.63) is 67.8 Å². The van der Waals surface area contributed by atoms with Crippen LogP contribution in [0.4, 0.5) is 5.13 Å². The minimum atomic E-state index is -0.919. The number of nitrogens with zero attached hydrogens (tertiary/aromatic N) is 1. The Labute approximate surface area is 183 Å². The number of ether oxygens (including phenoxy) is 1. The van der Waals surface area contributed by atoms with Gasteiger partial charge in [-0.05, 0) is 29.1 Å². The molecule has 2 N–H and O–H groups in total. The second-order valence-electron chi connectivity index (χ2n) is 5.83. The summed E-state index contributed by atoms with van der Waals surface area (Å²) < 4.78 is 5.66. The van der Waals surface area contributed by atoms with E-state index in [0.717, 1.165) is 4.47 Å². The Morgan fingerprint density at radius 3 is 2.59 bits per heavy atom. The van der Waals surface area contributed by atoms with Gasteiger partial charge < -0.3 is 10.1 Å². The third-order valence-electron chi connectivity index (χ3n) is 3.80. The molecule has 0 fully saturated rings. The molecule has 29 heavy (non-hydrogen) atoms. The van der Waals surface area contributed by atoms with Gasteiger partial charge in [-0.2, -0.15) is 0 Å². The topological polar surface area (TPSA) is 97.4 Å². The number of carbonyl (C=O) groups excluding carboxylic acids is 3. The molecule has 0 saturated heterocycles. The van der Waals surface area contributed by atoms with Crippen LogP contribution in [0.3, 0.4) is 0 Å². The van der Waals surface area contributed by atoms with Crippen LogP contribution in [-0.4, -0.2) is 29.9 Å². The van der Waals surface area contributed by atoms with Gasteiger partial charge in [-0.25, -0.2) is 9.78 Å². The van der Waals surface area contributed by atoms with Crippen LogP contribution in [0, 0.1) is 0 Å². The zero-order valence-electron chi connectivity index (χ0n) is 15.2. The predicted octanol–water partition coefficient (Wildman–Crippen LogP) is 3.79. The van der Waals surface area contributed by atoms with Crippen molar-refractivity contribution in [3.63, 3.8) is 0 Å². The second-order valence-corrected chi connectivity index (χ2v) is 8.55. The number of methoxy groups -OCH3 is 1. The molecule has 0 bridgehead atoms. The van der Waals surface area contributed by atoms with E-state index in [9.17, 15) is 14.4 Å². The second kappa shape index (κ2) is 9.77. The Hall–Kier alpha value is -2.56. The highest BCUT2D eigenvalue weighted by molar-refractivity contribution is 9.10. The predicted molar refractivity (Wildman–Crippen MR) is 115 cm³/mol. The lowest BCUT2D eigenvalue weighted by molar-refractivity contribution is -0.145. The van der Waals surface area contributed by atoms with Crippen LogP contribution in [-0.2, 0) is 20.7 Å². The van der Waals surface area contributed by atoms with E-state index in [2.05, 4.69) is 31.5 Å². The summed E-state index contributed by atoms with van der Waals surface area (Å²) in [5.74, 6) is -1.20. The molecule has 2 amide bonds. The number of amides is 2. The van der Waals surface area contributed by atoms with E-state index in [4.69, 9.17) is 4.74 Å². The van der Waals surface area contributed by atoms with Gasteiger partial charge in [0.15, 0.2) is 11.2 Å². The van der Waals surface area contributed by atoms with E-state index in [1.54, 1.807) is 41.8 Å². The largest absolute Gasteiger partial charge is 0.467 e. The molecule has 0 saturated carbocycles. The smallest absolute Gasteiger partial charge is 0.333 e. The summed E-state index contributed by atoms with van der Waals surface area (Å²) in [6, 6.07) is 9.61. The van der Waals surface area contributed by atoms with Gasteiger partial charge >= 0.3 is 5.97 Å². The van der Waals surface area contributed by atoms with Crippen LogP contribution in [0.1, 0.15) is 27.0 Å². The summed E-state index contributed by atoms with van der Waals surface area (Å²) in [6.45, 7) is 0. The number of carbonyl (C=O) groups is 3. The summed E-state index contributed by atoms with van der Waals surface area (Å²) >= 11 is 5.90. The number of esters is 1. The van der Waals surface area contributed by atoms with Crippen molar-refractivity contribution in [1.29, 1.82) is 0 Å². The fourth-order valence-electron chi connectivity index (χ4n) is 2.44. The van der Waals surface area contributed by atoms with Crippen molar-refractivity contribution in [3.8, 4) is 0 Å². The summed E-state index contributed by atoms with van der Waals surface area (Å²) in [5.41, 5.74) is 1.10. The summed E-state index contributed by atoms with van der Waals surface area (Å²) in [5, 5.41) is 9.29. The molecule has 2 aromatic heterocycles. The number of anilines is 1. The molecule has 0 aliphatic rings. The van der Waals surface area contributed by atoms with Crippen molar-refractivity contribution in [2.45, 2.75) is 12.5 Å². The van der Waals surface area contributed by atoms with Crippen LogP contribution in [0.15, 0.2) is 51.6 Å². The highest BCUT2D eigenvalue weighted by atomic mass is 79.9. The summed E-state index contributed by atoms with van der Waals surface area (Å²) in [4.78, 5) is 41.5. The van der Waals surface area contributed by atoms with E-state index < -0.39 is 12.0 Å². The number of thiazole rings is 1. The number of rotatable bonds is 7. The lowest BCUT2D eigenvalue weighted by Crippen LogP contribution is -2.35. The van der Waals surface area contributed by atoms with Gasteiger partial charge in [-0.15, -0.1) is 22.7 Å². The van der Waals surface area contributed by atoms with Gasteiger partial charge in [0.2, 0.25) is 5.91 Å². The zero-order valence-corrected chi connectivity index (χ0v) is 18.4. The average molecular weight is 494 g/mol. The molecule has 1 atom stereocenters. The Balaban J connectivity index is 1.63. The average Bonchev–Trinajstić information content (AvgIpc) is 3.39. The maximum absolute atomic E-state index is 12.5. The van der Waals surface area contributed by atoms with Crippen LogP contribution >= 0.6 is 38.6 Å². The van der Waals surface area contributed by atoms with Crippen molar-refractivity contribution in [2.24, 2.45) is 0 Å². The van der Waals surface area contributed by atoms with E-state index >= 15 is 0 Å². The van der Waals surface area contributed by atoms with E-state index in [0.29, 0.717) is 21.3 Å². The lowest BCUT2D eigenvalue weighted by atomic mass is 10.1. The molecule has 10 heteroatoms. The fourth-order valence-corrected chi connectivity index (χ4v) is 4.03. The summed E-state index contributed by atoms with van der Waals surface area (Å²) in [7, 11) is 1.27. The fraction of sp³-hybridized carbons (Fsp3) is 0.158. The summed E-state index contributed by atoms with van der Waals surface area (Å²) in [6.07, 6.45) is -0.0323. The molecule has 2 heterocycles. The van der Waals surface area contributed by atoms with Gasteiger partial charge in [0.25, 0.3) is 5.91 Å². The molecule has 1 unspecified atom stereocenters. The molecule has 3 aromatic rings. The first-order valence-corrected chi connectivity index (χ1v) is 10.9. The Kier molecular flexibility index (Phi) is 7.13. The van der Waals surface area contributed by atoms with Crippen LogP contribution in [0.5, 0.6) is 0 Å². The standard InChI is InChI=1S/C19H16BrN3O4S2/c1-27-18(26)16(11-4-6-12(20)7-5-11)22-15(24)9-13-10-29-19(21-13)23-17(25)14-3-2-8-28-14/h2-8,10,16H,9H2,1H3,(H,22,24)(H,21,23,25). The highest BCUT2D eigenvalue weighted by Crippen LogP contribution is 2.20. The molecule has 0 radical (unpaired) electrons. The quantitative estimate of drug-likeness (QED) is 0.488. The van der Waals surface area contributed by atoms with Crippen molar-refractivity contribution in [1.82, 2.24) is 10.3 Å². The maximum Gasteiger partial charge on any atom is 0.333 e. The van der Waals surface area contributed by atoms with E-state index in [1.807, 2.05) is 5.38 Å². The van der Waals surface area contributed by atoms with Gasteiger partial charge in [0, 0.05) is 9.85 Å². The van der Waals surface area contributed by atoms with Crippen LogP contribution < -0.4 is 10.6 Å². The van der Waals surface area contributed by atoms with Crippen molar-refractivity contribution < 1.29 is 19.1 Å². The molecule has 0 spiro atoms. The van der Waals surface area contributed by atoms with Crippen molar-refractivity contribution in [2.75, 3.05) is 12.4 Å². The van der Waals surface area contributed by atoms with E-state index in [-0.39, 0.29) is 18.2 Å². The molecule has 150 valence electrons. The number of nitrogens with one attached hydrogen (secondary N) is 2. The van der Waals surface area contributed by atoms with Gasteiger partial charge in [-0.1, -0.05) is 34.1 Å². The lowest BCUT2D eigenvalue weighted by Gasteiger charge is -2.16. The Morgan fingerprint density at radius 1 is 1.17 bits per heavy atom. The van der Waals surface area contributed by atoms with Gasteiger partial charge in [0.05, 0.1) is 24.1 Å². The number of halogens is 1. The Morgan fingerprint density at radius 2 is 1.93 bits per heavy atom. The zero-order chi connectivity index (χ0) is 20.8. The van der Waals surface area contributed by atoms with Crippen LogP contribution in [0.25, 0.3) is 0 Å².